The van der Waals surface area contributed by atoms with E-state index >= 15 is 0 Å². The van der Waals surface area contributed by atoms with E-state index in [0.717, 1.165) is 77.0 Å². The van der Waals surface area contributed by atoms with Crippen molar-refractivity contribution in [3.63, 3.8) is 0 Å². The lowest BCUT2D eigenvalue weighted by atomic mass is 10.1. The van der Waals surface area contributed by atoms with Gasteiger partial charge in [-0.3, -0.25) is 9.80 Å². The van der Waals surface area contributed by atoms with Crippen LogP contribution in [0, 0.1) is 0 Å². The Morgan fingerprint density at radius 2 is 1.88 bits per heavy atom. The van der Waals surface area contributed by atoms with E-state index in [0.29, 0.717) is 12.7 Å². The summed E-state index contributed by atoms with van der Waals surface area (Å²) < 4.78 is 22.7. The number of nitrogens with zero attached hydrogens (tertiary/aromatic N) is 2. The standard InChI is InChI=1S/C20H32N2O4/c1-3-18-16-22(9-12-25-18)15-17-4-5-19(23-2)20(14-17)26-13-8-21-6-10-24-11-7-21/h4-5,14,18H,3,6-13,15-16H2,1-2H3/t18-/m0/s1. The van der Waals surface area contributed by atoms with Crippen LogP contribution < -0.4 is 9.47 Å². The smallest absolute Gasteiger partial charge is 0.161 e. The van der Waals surface area contributed by atoms with Gasteiger partial charge in [0.05, 0.1) is 33.0 Å². The molecule has 1 atom stereocenters. The van der Waals surface area contributed by atoms with Crippen molar-refractivity contribution in [3.8, 4) is 11.5 Å². The normalized spacial score (nSPS) is 22.3. The lowest BCUT2D eigenvalue weighted by Crippen LogP contribution is -2.41. The van der Waals surface area contributed by atoms with Crippen molar-refractivity contribution >= 4 is 0 Å². The van der Waals surface area contributed by atoms with Gasteiger partial charge in [-0.05, 0) is 24.1 Å². The number of methoxy groups -OCH3 is 1. The van der Waals surface area contributed by atoms with Crippen LogP contribution >= 0.6 is 0 Å². The molecule has 0 aliphatic carbocycles. The summed E-state index contributed by atoms with van der Waals surface area (Å²) in [5, 5.41) is 0. The molecule has 3 rings (SSSR count). The van der Waals surface area contributed by atoms with E-state index in [1.54, 1.807) is 7.11 Å². The zero-order valence-corrected chi connectivity index (χ0v) is 16.1. The minimum Gasteiger partial charge on any atom is -0.493 e. The highest BCUT2D eigenvalue weighted by Crippen LogP contribution is 2.29. The third kappa shape index (κ3) is 5.58. The van der Waals surface area contributed by atoms with Gasteiger partial charge in [-0.1, -0.05) is 13.0 Å². The molecule has 2 saturated heterocycles. The van der Waals surface area contributed by atoms with Crippen molar-refractivity contribution < 1.29 is 18.9 Å². The Kier molecular flexibility index (Phi) is 7.55. The highest BCUT2D eigenvalue weighted by atomic mass is 16.5. The molecule has 0 radical (unpaired) electrons. The molecule has 6 heteroatoms. The first kappa shape index (κ1) is 19.4. The summed E-state index contributed by atoms with van der Waals surface area (Å²) in [5.41, 5.74) is 1.25. The van der Waals surface area contributed by atoms with Crippen LogP contribution in [-0.4, -0.2) is 82.2 Å². The quantitative estimate of drug-likeness (QED) is 0.703. The molecular weight excluding hydrogens is 332 g/mol. The SMILES string of the molecule is CC[C@H]1CN(Cc2ccc(OC)c(OCCN3CCOCC3)c2)CCO1. The van der Waals surface area contributed by atoms with E-state index in [4.69, 9.17) is 18.9 Å². The average molecular weight is 364 g/mol. The third-order valence-electron chi connectivity index (χ3n) is 5.08. The maximum atomic E-state index is 6.05. The Morgan fingerprint density at radius 3 is 2.65 bits per heavy atom. The second kappa shape index (κ2) is 10.1. The maximum absolute atomic E-state index is 6.05. The largest absolute Gasteiger partial charge is 0.493 e. The fourth-order valence-electron chi connectivity index (χ4n) is 3.47. The lowest BCUT2D eigenvalue weighted by molar-refractivity contribution is -0.0324. The van der Waals surface area contributed by atoms with Gasteiger partial charge in [-0.25, -0.2) is 0 Å². The second-order valence-electron chi connectivity index (χ2n) is 6.92. The summed E-state index contributed by atoms with van der Waals surface area (Å²) in [6, 6.07) is 6.26. The summed E-state index contributed by atoms with van der Waals surface area (Å²) in [4.78, 5) is 4.83. The summed E-state index contributed by atoms with van der Waals surface area (Å²) in [5.74, 6) is 1.63. The van der Waals surface area contributed by atoms with Crippen LogP contribution in [0.3, 0.4) is 0 Å². The number of ether oxygens (including phenoxy) is 4. The van der Waals surface area contributed by atoms with Gasteiger partial charge in [0.15, 0.2) is 11.5 Å². The van der Waals surface area contributed by atoms with E-state index in [-0.39, 0.29) is 0 Å². The number of benzene rings is 1. The number of hydrogen-bond donors (Lipinski definition) is 0. The molecule has 26 heavy (non-hydrogen) atoms. The topological polar surface area (TPSA) is 43.4 Å². The zero-order chi connectivity index (χ0) is 18.2. The molecule has 0 amide bonds. The maximum Gasteiger partial charge on any atom is 0.161 e. The van der Waals surface area contributed by atoms with Gasteiger partial charge in [-0.15, -0.1) is 0 Å². The van der Waals surface area contributed by atoms with Crippen LogP contribution in [0.1, 0.15) is 18.9 Å². The third-order valence-corrected chi connectivity index (χ3v) is 5.08. The van der Waals surface area contributed by atoms with Crippen molar-refractivity contribution in [2.75, 3.05) is 66.3 Å². The molecule has 2 aliphatic rings. The first-order chi connectivity index (χ1) is 12.8. The molecule has 0 unspecified atom stereocenters. The van der Waals surface area contributed by atoms with E-state index in [2.05, 4.69) is 28.9 Å². The molecule has 6 nitrogen and oxygen atoms in total. The fraction of sp³-hybridized carbons (Fsp3) is 0.700. The van der Waals surface area contributed by atoms with Gasteiger partial charge in [0.2, 0.25) is 0 Å². The van der Waals surface area contributed by atoms with Crippen LogP contribution in [0.4, 0.5) is 0 Å². The summed E-state index contributed by atoms with van der Waals surface area (Å²) in [7, 11) is 1.69. The van der Waals surface area contributed by atoms with Crippen molar-refractivity contribution in [2.45, 2.75) is 26.0 Å². The van der Waals surface area contributed by atoms with Crippen molar-refractivity contribution in [1.29, 1.82) is 0 Å². The fourth-order valence-corrected chi connectivity index (χ4v) is 3.47. The Labute approximate surface area is 157 Å². The van der Waals surface area contributed by atoms with Crippen molar-refractivity contribution in [2.24, 2.45) is 0 Å². The molecule has 0 saturated carbocycles. The minimum atomic E-state index is 0.353. The van der Waals surface area contributed by atoms with Crippen LogP contribution in [0.5, 0.6) is 11.5 Å². The molecule has 0 N–H and O–H groups in total. The number of hydrogen-bond acceptors (Lipinski definition) is 6. The average Bonchev–Trinajstić information content (AvgIpc) is 2.69. The summed E-state index contributed by atoms with van der Waals surface area (Å²) in [6.45, 7) is 11.1. The molecule has 1 aromatic rings. The van der Waals surface area contributed by atoms with Crippen LogP contribution in [-0.2, 0) is 16.0 Å². The second-order valence-corrected chi connectivity index (χ2v) is 6.92. The Bertz CT molecular complexity index is 549. The minimum absolute atomic E-state index is 0.353. The van der Waals surface area contributed by atoms with Gasteiger partial charge >= 0.3 is 0 Å². The van der Waals surface area contributed by atoms with Crippen LogP contribution in [0.25, 0.3) is 0 Å². The van der Waals surface area contributed by atoms with E-state index < -0.39 is 0 Å². The zero-order valence-electron chi connectivity index (χ0n) is 16.1. The summed E-state index contributed by atoms with van der Waals surface area (Å²) >= 11 is 0. The molecular formula is C20H32N2O4. The van der Waals surface area contributed by atoms with E-state index in [9.17, 15) is 0 Å². The molecule has 146 valence electrons. The molecule has 1 aromatic carbocycles. The molecule has 2 fully saturated rings. The van der Waals surface area contributed by atoms with Gasteiger partial charge in [-0.2, -0.15) is 0 Å². The molecule has 0 aromatic heterocycles. The van der Waals surface area contributed by atoms with Gasteiger partial charge in [0, 0.05) is 39.3 Å². The predicted molar refractivity (Wildman–Crippen MR) is 101 cm³/mol. The van der Waals surface area contributed by atoms with Crippen LogP contribution in [0.2, 0.25) is 0 Å². The van der Waals surface area contributed by atoms with Crippen molar-refractivity contribution in [3.05, 3.63) is 23.8 Å². The molecule has 2 aliphatic heterocycles. The molecule has 0 spiro atoms. The number of morpholine rings is 2. The Morgan fingerprint density at radius 1 is 1.08 bits per heavy atom. The Balaban J connectivity index is 1.55. The molecule has 0 bridgehead atoms. The predicted octanol–water partition coefficient (Wildman–Crippen LogP) is 2.02. The van der Waals surface area contributed by atoms with E-state index in [1.165, 1.54) is 5.56 Å². The van der Waals surface area contributed by atoms with E-state index in [1.807, 2.05) is 6.07 Å². The summed E-state index contributed by atoms with van der Waals surface area (Å²) in [6.07, 6.45) is 1.42. The first-order valence-electron chi connectivity index (χ1n) is 9.72. The lowest BCUT2D eigenvalue weighted by Gasteiger charge is -2.32. The highest BCUT2D eigenvalue weighted by molar-refractivity contribution is 5.43. The highest BCUT2D eigenvalue weighted by Gasteiger charge is 2.19. The van der Waals surface area contributed by atoms with Gasteiger partial charge < -0.3 is 18.9 Å². The monoisotopic (exact) mass is 364 g/mol. The van der Waals surface area contributed by atoms with Gasteiger partial charge in [0.25, 0.3) is 0 Å². The molecule has 2 heterocycles. The van der Waals surface area contributed by atoms with Crippen LogP contribution in [0.15, 0.2) is 18.2 Å². The van der Waals surface area contributed by atoms with Gasteiger partial charge in [0.1, 0.15) is 6.61 Å². The van der Waals surface area contributed by atoms with Crippen molar-refractivity contribution in [1.82, 2.24) is 9.80 Å². The Hall–Kier alpha value is -1.34. The number of rotatable bonds is 8. The first-order valence-corrected chi connectivity index (χ1v) is 9.72.